The Morgan fingerprint density at radius 3 is 1.06 bits per heavy atom. The molecule has 672 valence electrons. The molecule has 0 amide bonds. The average molecular weight is 1920 g/mol. The molecular weight excluding hydrogens is 1850 g/mol. The van der Waals surface area contributed by atoms with Crippen LogP contribution in [0.3, 0.4) is 0 Å². The highest BCUT2D eigenvalue weighted by Crippen LogP contribution is 2.34. The van der Waals surface area contributed by atoms with Crippen molar-refractivity contribution in [1.82, 2.24) is 108 Å². The van der Waals surface area contributed by atoms with Gasteiger partial charge in [-0.1, -0.05) is 100.0 Å². The van der Waals surface area contributed by atoms with E-state index in [2.05, 4.69) is 140 Å². The molecule has 0 atom stereocenters. The van der Waals surface area contributed by atoms with Gasteiger partial charge in [-0.3, -0.25) is 29.9 Å². The van der Waals surface area contributed by atoms with Crippen LogP contribution >= 0.6 is 50.7 Å². The molecule has 0 aliphatic heterocycles. The molecule has 0 radical (unpaired) electrons. The SMILES string of the molecule is Brc1ccccn1.CCc1ccn2nc(-c3ccccn3)nc(Nc3ccncc3F)c12.CCc1ccn2nc(-c3ccccn3)nc(Oc3ccccc3)c12.CCc1ccn2nc(Cl)nc(Cl)c12.CCc1ccn2nc(Cl)nc(Oc3ccccc3)c12.Nc1ccncc1F.O=C=O.O=C=O.O=C=O.O=C=O.OCc1ccn2nc(-c3ccccn3)nc(Nc3ccncc3F)c12. The second-order valence-corrected chi connectivity index (χ2v) is 27.6. The molecule has 0 fully saturated rings. The minimum Gasteiger partial charge on any atom is -0.437 e. The second kappa shape index (κ2) is 52.5. The molecule has 17 aromatic heterocycles. The number of hydrogen-bond donors (Lipinski definition) is 4. The first-order chi connectivity index (χ1) is 64.7. The summed E-state index contributed by atoms with van der Waals surface area (Å²) in [7, 11) is 0. The van der Waals surface area contributed by atoms with E-state index in [1.54, 1.807) is 73.3 Å². The number of benzene rings is 2. The highest BCUT2D eigenvalue weighted by molar-refractivity contribution is 9.10. The van der Waals surface area contributed by atoms with Gasteiger partial charge in [-0.25, -0.2) is 55.7 Å². The summed E-state index contributed by atoms with van der Waals surface area (Å²) < 4.78 is 61.4. The van der Waals surface area contributed by atoms with Gasteiger partial charge in [-0.15, -0.1) is 25.5 Å². The van der Waals surface area contributed by atoms with Crippen molar-refractivity contribution < 1.29 is 66.1 Å². The van der Waals surface area contributed by atoms with Crippen LogP contribution in [0.1, 0.15) is 55.5 Å². The molecule has 5 N–H and O–H groups in total. The number of aliphatic hydroxyl groups excluding tert-OH is 1. The van der Waals surface area contributed by atoms with E-state index in [4.69, 9.17) is 88.4 Å². The maximum absolute atomic E-state index is 14.0. The lowest BCUT2D eigenvalue weighted by atomic mass is 10.2. The molecule has 0 saturated heterocycles. The largest absolute Gasteiger partial charge is 0.437 e. The van der Waals surface area contributed by atoms with E-state index >= 15 is 0 Å². The van der Waals surface area contributed by atoms with Gasteiger partial charge in [0.2, 0.25) is 39.8 Å². The van der Waals surface area contributed by atoms with Crippen LogP contribution in [0.5, 0.6) is 23.3 Å². The van der Waals surface area contributed by atoms with Crippen LogP contribution < -0.4 is 25.8 Å². The quantitative estimate of drug-likeness (QED) is 0.0653. The first-order valence-electron chi connectivity index (χ1n) is 39.0. The summed E-state index contributed by atoms with van der Waals surface area (Å²) in [5.74, 6) is 3.35. The fraction of sp³-hybridized carbons (Fsp3) is 0.100. The molecule has 36 nitrogen and oxygen atoms in total. The molecule has 43 heteroatoms. The molecule has 2 aromatic carbocycles. The van der Waals surface area contributed by atoms with Gasteiger partial charge < -0.3 is 30.9 Å². The molecule has 133 heavy (non-hydrogen) atoms. The number of pyridine rings is 7. The average Bonchev–Trinajstić information content (AvgIpc) is 1.66. The summed E-state index contributed by atoms with van der Waals surface area (Å²) in [5, 5.41) is 38.0. The van der Waals surface area contributed by atoms with E-state index in [1.807, 2.05) is 175 Å². The van der Waals surface area contributed by atoms with Crippen LogP contribution in [0.4, 0.5) is 41.9 Å². The van der Waals surface area contributed by atoms with Crippen LogP contribution in [-0.4, -0.2) is 138 Å². The molecule has 0 spiro atoms. The lowest BCUT2D eigenvalue weighted by molar-refractivity contribution is -0.193. The van der Waals surface area contributed by atoms with Crippen molar-refractivity contribution in [3.05, 3.63) is 341 Å². The van der Waals surface area contributed by atoms with Crippen molar-refractivity contribution in [2.45, 2.75) is 60.0 Å². The van der Waals surface area contributed by atoms with Crippen molar-refractivity contribution in [1.29, 1.82) is 0 Å². The van der Waals surface area contributed by atoms with Crippen LogP contribution in [0.15, 0.2) is 280 Å². The number of anilines is 5. The Bertz CT molecular complexity index is 6860. The molecule has 0 bridgehead atoms. The van der Waals surface area contributed by atoms with Crippen LogP contribution in [0.25, 0.3) is 62.1 Å². The second-order valence-electron chi connectivity index (χ2n) is 25.7. The van der Waals surface area contributed by atoms with Gasteiger partial charge in [0.1, 0.15) is 60.8 Å². The predicted octanol–water partition coefficient (Wildman–Crippen LogP) is 17.0. The van der Waals surface area contributed by atoms with Gasteiger partial charge in [-0.2, -0.15) is 48.3 Å². The Morgan fingerprint density at radius 2 is 0.707 bits per heavy atom. The van der Waals surface area contributed by atoms with Gasteiger partial charge in [0.05, 0.1) is 42.3 Å². The highest BCUT2D eigenvalue weighted by Gasteiger charge is 2.21. The van der Waals surface area contributed by atoms with Gasteiger partial charge in [-0.05, 0) is 208 Å². The number of hydrogen-bond acceptors (Lipinski definition) is 31. The van der Waals surface area contributed by atoms with Crippen molar-refractivity contribution in [3.63, 3.8) is 0 Å². The predicted molar refractivity (Wildman–Crippen MR) is 482 cm³/mol. The number of nitrogens with zero attached hydrogens (tertiary/aromatic N) is 22. The lowest BCUT2D eigenvalue weighted by Crippen LogP contribution is -2.06. The number of fused-ring (bicyclic) bond motifs is 5. The number of para-hydroxylation sites is 2. The minimum atomic E-state index is -0.504. The Labute approximate surface area is 775 Å². The third-order valence-electron chi connectivity index (χ3n) is 17.6. The monoisotopic (exact) mass is 1920 g/mol. The number of rotatable bonds is 16. The molecule has 0 aliphatic carbocycles. The van der Waals surface area contributed by atoms with Crippen molar-refractivity contribution in [2.75, 3.05) is 16.4 Å². The summed E-state index contributed by atoms with van der Waals surface area (Å²) in [6.07, 6.45) is 28.3. The zero-order valence-electron chi connectivity index (χ0n) is 70.1. The van der Waals surface area contributed by atoms with Gasteiger partial charge >= 0.3 is 24.6 Å². The molecule has 0 unspecified atom stereocenters. The Kier molecular flexibility index (Phi) is 39.5. The fourth-order valence-corrected chi connectivity index (χ4v) is 12.7. The van der Waals surface area contributed by atoms with Crippen molar-refractivity contribution in [2.24, 2.45) is 0 Å². The number of nitrogen functional groups attached to an aromatic ring is 1. The lowest BCUT2D eigenvalue weighted by Gasteiger charge is -2.11. The number of ether oxygens (including phenoxy) is 2. The normalized spacial score (nSPS) is 9.95. The third kappa shape index (κ3) is 28.6. The summed E-state index contributed by atoms with van der Waals surface area (Å²) in [6, 6.07) is 55.7. The van der Waals surface area contributed by atoms with E-state index in [9.17, 15) is 18.3 Å². The molecule has 0 saturated carbocycles. The minimum absolute atomic E-state index is 0.139. The van der Waals surface area contributed by atoms with E-state index in [-0.39, 0.29) is 53.2 Å². The summed E-state index contributed by atoms with van der Waals surface area (Å²) >= 11 is 20.7. The Hall–Kier alpha value is -16.8. The number of aliphatic hydroxyl groups is 1. The maximum atomic E-state index is 14.0. The summed E-state index contributed by atoms with van der Waals surface area (Å²) in [4.78, 5) is 115. The summed E-state index contributed by atoms with van der Waals surface area (Å²) in [5.41, 5.74) is 16.8. The Morgan fingerprint density at radius 1 is 0.376 bits per heavy atom. The number of aromatic nitrogens is 22. The number of nitrogens with one attached hydrogen (secondary N) is 2. The van der Waals surface area contributed by atoms with Crippen LogP contribution in [-0.2, 0) is 70.6 Å². The number of carbonyl (C=O) groups excluding carboxylic acids is 8. The fourth-order valence-electron chi connectivity index (χ4n) is 11.8. The van der Waals surface area contributed by atoms with E-state index in [0.29, 0.717) is 79.9 Å². The molecule has 17 heterocycles. The zero-order valence-corrected chi connectivity index (χ0v) is 74.0. The molecule has 0 aliphatic rings. The smallest absolute Gasteiger partial charge is 0.373 e. The Balaban J connectivity index is 0.000000176. The third-order valence-corrected chi connectivity index (χ3v) is 18.6. The number of nitrogens with two attached hydrogens (primary N) is 1. The van der Waals surface area contributed by atoms with E-state index in [0.717, 1.165) is 98.5 Å². The number of aryl methyl sites for hydroxylation is 4. The van der Waals surface area contributed by atoms with Gasteiger partial charge in [0.25, 0.3) is 0 Å². The molecular formula is C90H72BrCl3F3N25O11. The topological polar surface area (TPSA) is 467 Å². The zero-order chi connectivity index (χ0) is 95.4. The van der Waals surface area contributed by atoms with Crippen LogP contribution in [0, 0.1) is 17.5 Å². The number of halogens is 7. The van der Waals surface area contributed by atoms with Crippen LogP contribution in [0.2, 0.25) is 15.7 Å². The van der Waals surface area contributed by atoms with Crippen molar-refractivity contribution in [3.8, 4) is 57.8 Å². The van der Waals surface area contributed by atoms with E-state index < -0.39 is 17.5 Å². The first-order valence-corrected chi connectivity index (χ1v) is 41.0. The van der Waals surface area contributed by atoms with Crippen molar-refractivity contribution >= 4 is 132 Å². The van der Waals surface area contributed by atoms with E-state index in [1.165, 1.54) is 36.9 Å². The van der Waals surface area contributed by atoms with Gasteiger partial charge in [0, 0.05) is 79.9 Å². The first kappa shape index (κ1) is 100.0. The maximum Gasteiger partial charge on any atom is 0.373 e. The molecule has 19 aromatic rings. The highest BCUT2D eigenvalue weighted by atomic mass is 79.9. The molecule has 19 rings (SSSR count). The summed E-state index contributed by atoms with van der Waals surface area (Å²) in [6.45, 7) is 8.11. The standard InChI is InChI=1S/C19H16N4O.C18H15FN6.C17H13FN6O.C14H12ClN3O.C8H7Cl2N3.C5H4BrN.C5H5FN2.4CO2/c1-2-14-11-13-23-17(14)19(24-15-8-4-3-5-9-15)21-18(22-23)16-10-6-7-12-20-16;1-2-12-7-10-25-16(12)18(22-14-6-9-20-11-13(14)19)23-17(24-25)15-5-3-4-8-21-15;18-12-9-19-7-4-13(12)21-17-15-11(10-25)5-8-24(15)23-16(22-17)14-3-1-2-6-20-14;1-2-10-8-9-18-12(10)13(16-14(15)17-18)19-11-6-4-3-5-7-11;1-2-5-3-4-13-6(5)7(9)11-8(10)12-13;6-5-3-1-2-4-7-5;6-4-3-8-2-1-5(4)7;4*2-1-3/h3-13H,2H2,1H3;3-11H,2H2,1H3,(H,20,22,23,24);1-9,25H,10H2,(H,19,21,22,23);3-9H,2H2,1H3;3-4H,2H2,1H3;1-4H;1-3H,(H2,7,8);;;;. The van der Waals surface area contributed by atoms with Gasteiger partial charge in [0.15, 0.2) is 34.2 Å².